The van der Waals surface area contributed by atoms with Crippen LogP contribution < -0.4 is 4.90 Å². The first-order valence-corrected chi connectivity index (χ1v) is 8.53. The van der Waals surface area contributed by atoms with Crippen molar-refractivity contribution >= 4 is 40.5 Å². The number of halogens is 3. The Labute approximate surface area is 155 Å². The predicted molar refractivity (Wildman–Crippen MR) is 99.4 cm³/mol. The van der Waals surface area contributed by atoms with Gasteiger partial charge < -0.3 is 9.64 Å². The number of allylic oxidation sites excluding steroid dienone is 1. The van der Waals surface area contributed by atoms with E-state index in [-0.39, 0.29) is 5.82 Å². The molecule has 2 aromatic rings. The molecular weight excluding hydrogens is 362 g/mol. The fourth-order valence-corrected chi connectivity index (χ4v) is 3.23. The number of nitriles is 1. The van der Waals surface area contributed by atoms with Gasteiger partial charge in [0.05, 0.1) is 35.6 Å². The van der Waals surface area contributed by atoms with Crippen LogP contribution in [0.5, 0.6) is 0 Å². The summed E-state index contributed by atoms with van der Waals surface area (Å²) in [6.45, 7) is 2.51. The van der Waals surface area contributed by atoms with Crippen LogP contribution in [0.1, 0.15) is 11.1 Å². The van der Waals surface area contributed by atoms with Crippen LogP contribution in [0, 0.1) is 17.1 Å². The van der Waals surface area contributed by atoms with Gasteiger partial charge in [-0.2, -0.15) is 5.26 Å². The highest BCUT2D eigenvalue weighted by Crippen LogP contribution is 2.29. The molecule has 3 nitrogen and oxygen atoms in total. The van der Waals surface area contributed by atoms with Gasteiger partial charge in [0.25, 0.3) is 0 Å². The number of hydrogen-bond donors (Lipinski definition) is 0. The van der Waals surface area contributed by atoms with Gasteiger partial charge in [0.15, 0.2) is 0 Å². The summed E-state index contributed by atoms with van der Waals surface area (Å²) in [7, 11) is 0. The Bertz CT molecular complexity index is 855. The number of nitrogens with zero attached hydrogens (tertiary/aromatic N) is 2. The highest BCUT2D eigenvalue weighted by atomic mass is 35.5. The first-order chi connectivity index (χ1) is 12.1. The number of morpholine rings is 1. The molecule has 2 aromatic carbocycles. The second-order valence-electron chi connectivity index (χ2n) is 5.60. The van der Waals surface area contributed by atoms with Crippen molar-refractivity contribution in [2.75, 3.05) is 31.2 Å². The molecule has 0 aliphatic carbocycles. The minimum Gasteiger partial charge on any atom is -0.378 e. The van der Waals surface area contributed by atoms with Crippen molar-refractivity contribution in [3.05, 3.63) is 63.4 Å². The second kappa shape index (κ2) is 7.88. The summed E-state index contributed by atoms with van der Waals surface area (Å²) in [4.78, 5) is 1.95. The Morgan fingerprint density at radius 2 is 1.92 bits per heavy atom. The molecular formula is C19H15Cl2FN2O. The fraction of sp³-hybridized carbons (Fsp3) is 0.211. The van der Waals surface area contributed by atoms with Crippen LogP contribution in [-0.4, -0.2) is 26.3 Å². The van der Waals surface area contributed by atoms with Crippen LogP contribution >= 0.6 is 23.2 Å². The quantitative estimate of drug-likeness (QED) is 0.556. The summed E-state index contributed by atoms with van der Waals surface area (Å²) in [5, 5.41) is 10.3. The minimum absolute atomic E-state index is 0.324. The monoisotopic (exact) mass is 376 g/mol. The molecule has 0 saturated carbocycles. The Kier molecular flexibility index (Phi) is 5.60. The maximum absolute atomic E-state index is 14.5. The van der Waals surface area contributed by atoms with E-state index in [1.165, 1.54) is 6.07 Å². The lowest BCUT2D eigenvalue weighted by Crippen LogP contribution is -2.36. The van der Waals surface area contributed by atoms with Crippen molar-refractivity contribution in [1.82, 2.24) is 0 Å². The van der Waals surface area contributed by atoms with Gasteiger partial charge in [-0.15, -0.1) is 0 Å². The van der Waals surface area contributed by atoms with E-state index in [1.807, 2.05) is 4.90 Å². The third-order valence-electron chi connectivity index (χ3n) is 3.98. The zero-order valence-electron chi connectivity index (χ0n) is 13.3. The molecule has 1 saturated heterocycles. The van der Waals surface area contributed by atoms with E-state index in [9.17, 15) is 9.65 Å². The Morgan fingerprint density at radius 3 is 2.56 bits per heavy atom. The van der Waals surface area contributed by atoms with Crippen molar-refractivity contribution in [1.29, 1.82) is 5.26 Å². The van der Waals surface area contributed by atoms with Crippen molar-refractivity contribution in [2.45, 2.75) is 0 Å². The van der Waals surface area contributed by atoms with Gasteiger partial charge in [0.2, 0.25) is 0 Å². The molecule has 0 radical (unpaired) electrons. The third-order valence-corrected chi connectivity index (χ3v) is 4.52. The molecule has 25 heavy (non-hydrogen) atoms. The topological polar surface area (TPSA) is 36.3 Å². The second-order valence-corrected chi connectivity index (χ2v) is 6.45. The highest BCUT2D eigenvalue weighted by molar-refractivity contribution is 6.36. The predicted octanol–water partition coefficient (Wildman–Crippen LogP) is 5.03. The molecule has 0 atom stereocenters. The molecule has 1 aliphatic heterocycles. The highest BCUT2D eigenvalue weighted by Gasteiger charge is 2.15. The van der Waals surface area contributed by atoms with Crippen LogP contribution in [0.15, 0.2) is 36.4 Å². The average molecular weight is 377 g/mol. The van der Waals surface area contributed by atoms with Crippen molar-refractivity contribution in [2.24, 2.45) is 0 Å². The third kappa shape index (κ3) is 4.13. The van der Waals surface area contributed by atoms with Crippen molar-refractivity contribution in [3.63, 3.8) is 0 Å². The maximum atomic E-state index is 14.5. The standard InChI is InChI=1S/C19H15Cl2FN2O/c20-15-2-3-16(17(21)11-15)14(12-23)9-13-1-4-19(18(22)10-13)24-5-7-25-8-6-24/h1-4,9-11H,5-8H2/b14-9-. The molecule has 0 unspecified atom stereocenters. The Balaban J connectivity index is 1.91. The molecule has 0 aromatic heterocycles. The summed E-state index contributed by atoms with van der Waals surface area (Å²) in [6.07, 6.45) is 1.61. The molecule has 0 spiro atoms. The summed E-state index contributed by atoms with van der Waals surface area (Å²) >= 11 is 12.0. The van der Waals surface area contributed by atoms with E-state index < -0.39 is 0 Å². The molecule has 0 N–H and O–H groups in total. The van der Waals surface area contributed by atoms with Crippen LogP contribution in [0.2, 0.25) is 10.0 Å². The normalized spacial score (nSPS) is 15.1. The van der Waals surface area contributed by atoms with Gasteiger partial charge in [-0.05, 0) is 35.9 Å². The number of rotatable bonds is 3. The van der Waals surface area contributed by atoms with Gasteiger partial charge in [0.1, 0.15) is 5.82 Å². The summed E-state index contributed by atoms with van der Waals surface area (Å²) < 4.78 is 19.8. The summed E-state index contributed by atoms with van der Waals surface area (Å²) in [5.74, 6) is -0.324. The van der Waals surface area contributed by atoms with Crippen LogP contribution in [0.25, 0.3) is 11.6 Å². The number of benzene rings is 2. The van der Waals surface area contributed by atoms with Gasteiger partial charge >= 0.3 is 0 Å². The molecule has 0 amide bonds. The summed E-state index contributed by atoms with van der Waals surface area (Å²) in [5.41, 5.74) is 2.05. The number of anilines is 1. The number of hydrogen-bond acceptors (Lipinski definition) is 3. The van der Waals surface area contributed by atoms with E-state index in [0.717, 1.165) is 0 Å². The van der Waals surface area contributed by atoms with Crippen LogP contribution in [-0.2, 0) is 4.74 Å². The van der Waals surface area contributed by atoms with Gasteiger partial charge in [-0.25, -0.2) is 4.39 Å². The molecule has 1 aliphatic rings. The smallest absolute Gasteiger partial charge is 0.147 e. The fourth-order valence-electron chi connectivity index (χ4n) is 2.72. The molecule has 6 heteroatoms. The Morgan fingerprint density at radius 1 is 1.16 bits per heavy atom. The molecule has 128 valence electrons. The van der Waals surface area contributed by atoms with E-state index >= 15 is 0 Å². The molecule has 1 heterocycles. The first-order valence-electron chi connectivity index (χ1n) is 7.78. The number of ether oxygens (including phenoxy) is 1. The zero-order chi connectivity index (χ0) is 17.8. The lowest BCUT2D eigenvalue weighted by Gasteiger charge is -2.29. The van der Waals surface area contributed by atoms with Crippen LogP contribution in [0.4, 0.5) is 10.1 Å². The van der Waals surface area contributed by atoms with Gasteiger partial charge in [0, 0.05) is 23.7 Å². The largest absolute Gasteiger partial charge is 0.378 e. The van der Waals surface area contributed by atoms with E-state index in [2.05, 4.69) is 6.07 Å². The summed E-state index contributed by atoms with van der Waals surface area (Å²) in [6, 6.07) is 12.0. The van der Waals surface area contributed by atoms with Crippen molar-refractivity contribution in [3.8, 4) is 6.07 Å². The lowest BCUT2D eigenvalue weighted by atomic mass is 10.0. The lowest BCUT2D eigenvalue weighted by molar-refractivity contribution is 0.122. The van der Waals surface area contributed by atoms with Crippen molar-refractivity contribution < 1.29 is 9.13 Å². The SMILES string of the molecule is N#C/C(=C/c1ccc(N2CCOCC2)c(F)c1)c1ccc(Cl)cc1Cl. The van der Waals surface area contributed by atoms with E-state index in [0.29, 0.717) is 58.7 Å². The molecule has 3 rings (SSSR count). The van der Waals surface area contributed by atoms with Gasteiger partial charge in [-0.1, -0.05) is 35.3 Å². The Hall–Kier alpha value is -2.06. The minimum atomic E-state index is -0.324. The zero-order valence-corrected chi connectivity index (χ0v) is 14.8. The molecule has 0 bridgehead atoms. The average Bonchev–Trinajstić information content (AvgIpc) is 2.61. The van der Waals surface area contributed by atoms with Crippen LogP contribution in [0.3, 0.4) is 0 Å². The molecule has 1 fully saturated rings. The van der Waals surface area contributed by atoms with E-state index in [1.54, 1.807) is 36.4 Å². The first kappa shape index (κ1) is 17.8. The van der Waals surface area contributed by atoms with Gasteiger partial charge in [-0.3, -0.25) is 0 Å². The van der Waals surface area contributed by atoms with E-state index in [4.69, 9.17) is 27.9 Å². The maximum Gasteiger partial charge on any atom is 0.147 e.